The largest absolute Gasteiger partial charge is 0.361 e. The minimum Gasteiger partial charge on any atom is -0.361 e. The Kier molecular flexibility index (Phi) is 7.76. The molecule has 0 aliphatic carbocycles. The lowest BCUT2D eigenvalue weighted by Crippen LogP contribution is -2.55. The van der Waals surface area contributed by atoms with Gasteiger partial charge in [-0.3, -0.25) is 19.2 Å². The van der Waals surface area contributed by atoms with Gasteiger partial charge < -0.3 is 25.6 Å². The summed E-state index contributed by atoms with van der Waals surface area (Å²) < 4.78 is 5.24. The molecule has 2 saturated heterocycles. The summed E-state index contributed by atoms with van der Waals surface area (Å²) in [6, 6.07) is -2.05. The molecule has 2 rings (SSSR count). The van der Waals surface area contributed by atoms with Gasteiger partial charge in [0.25, 0.3) is 0 Å². The Morgan fingerprint density at radius 3 is 2.38 bits per heavy atom. The van der Waals surface area contributed by atoms with Crippen LogP contribution in [0.5, 0.6) is 0 Å². The average Bonchev–Trinajstić information content (AvgIpc) is 3.20. The zero-order valence-corrected chi connectivity index (χ0v) is 18.0. The van der Waals surface area contributed by atoms with Crippen molar-refractivity contribution in [3.8, 4) is 0 Å². The molecule has 2 aliphatic heterocycles. The molecule has 0 bridgehead atoms. The predicted molar refractivity (Wildman–Crippen MR) is 107 cm³/mol. The highest BCUT2D eigenvalue weighted by Gasteiger charge is 2.50. The second kappa shape index (κ2) is 9.67. The normalized spacial score (nSPS) is 25.4. The zero-order chi connectivity index (χ0) is 21.8. The summed E-state index contributed by atoms with van der Waals surface area (Å²) in [4.78, 5) is 51.7. The molecule has 2 heterocycles. The van der Waals surface area contributed by atoms with Crippen molar-refractivity contribution in [3.63, 3.8) is 0 Å². The number of carbonyl (C=O) groups is 4. The lowest BCUT2D eigenvalue weighted by atomic mass is 9.93. The van der Waals surface area contributed by atoms with Crippen molar-refractivity contribution in [2.75, 3.05) is 26.7 Å². The van der Waals surface area contributed by atoms with E-state index in [1.54, 1.807) is 25.8 Å². The van der Waals surface area contributed by atoms with E-state index >= 15 is 0 Å². The Morgan fingerprint density at radius 2 is 1.83 bits per heavy atom. The SMILES string of the molecule is CNCC(=O)N1CCC[C@H]1C(=O)N[C@@H](C)C(=O)N[C@@H](CC(C)C)C(=O)[C@@]1(C)CO1. The Hall–Kier alpha value is -2.00. The molecule has 0 saturated carbocycles. The van der Waals surface area contributed by atoms with Gasteiger partial charge in [0, 0.05) is 6.54 Å². The number of epoxide rings is 1. The van der Waals surface area contributed by atoms with E-state index in [1.807, 2.05) is 13.8 Å². The third-order valence-corrected chi connectivity index (χ3v) is 5.39. The predicted octanol–water partition coefficient (Wildman–Crippen LogP) is -0.410. The number of ether oxygens (including phenoxy) is 1. The molecule has 0 spiro atoms. The van der Waals surface area contributed by atoms with E-state index in [4.69, 9.17) is 4.74 Å². The maximum Gasteiger partial charge on any atom is 0.243 e. The highest BCUT2D eigenvalue weighted by Crippen LogP contribution is 2.29. The van der Waals surface area contributed by atoms with Crippen LogP contribution in [-0.2, 0) is 23.9 Å². The van der Waals surface area contributed by atoms with Crippen LogP contribution < -0.4 is 16.0 Å². The maximum absolute atomic E-state index is 12.7. The third kappa shape index (κ3) is 5.99. The first kappa shape index (κ1) is 23.3. The molecular weight excluding hydrogens is 376 g/mol. The number of hydrogen-bond donors (Lipinski definition) is 3. The lowest BCUT2D eigenvalue weighted by Gasteiger charge is -2.26. The first-order chi connectivity index (χ1) is 13.6. The Bertz CT molecular complexity index is 647. The zero-order valence-electron chi connectivity index (χ0n) is 18.0. The average molecular weight is 411 g/mol. The van der Waals surface area contributed by atoms with Gasteiger partial charge in [-0.2, -0.15) is 0 Å². The van der Waals surface area contributed by atoms with Crippen molar-refractivity contribution in [2.45, 2.75) is 70.7 Å². The van der Waals surface area contributed by atoms with Gasteiger partial charge >= 0.3 is 0 Å². The van der Waals surface area contributed by atoms with E-state index in [-0.39, 0.29) is 30.1 Å². The van der Waals surface area contributed by atoms with Crippen LogP contribution in [0.3, 0.4) is 0 Å². The van der Waals surface area contributed by atoms with Crippen molar-refractivity contribution < 1.29 is 23.9 Å². The number of Topliss-reactive ketones (excluding diaryl/α,β-unsaturated/α-hetero) is 1. The van der Waals surface area contributed by atoms with Gasteiger partial charge in [0.05, 0.1) is 19.2 Å². The fourth-order valence-corrected chi connectivity index (χ4v) is 3.58. The van der Waals surface area contributed by atoms with E-state index in [9.17, 15) is 19.2 Å². The quantitative estimate of drug-likeness (QED) is 0.421. The Labute approximate surface area is 172 Å². The van der Waals surface area contributed by atoms with Gasteiger partial charge in [0.15, 0.2) is 5.78 Å². The van der Waals surface area contributed by atoms with Gasteiger partial charge in [-0.05, 0) is 46.1 Å². The highest BCUT2D eigenvalue weighted by atomic mass is 16.6. The van der Waals surface area contributed by atoms with E-state index in [0.29, 0.717) is 26.0 Å². The van der Waals surface area contributed by atoms with Crippen molar-refractivity contribution in [3.05, 3.63) is 0 Å². The summed E-state index contributed by atoms with van der Waals surface area (Å²) in [6.07, 6.45) is 1.82. The first-order valence-corrected chi connectivity index (χ1v) is 10.3. The molecule has 0 aromatic rings. The Morgan fingerprint density at radius 1 is 1.17 bits per heavy atom. The number of likely N-dealkylation sites (N-methyl/N-ethyl adjacent to an activating group) is 1. The smallest absolute Gasteiger partial charge is 0.243 e. The van der Waals surface area contributed by atoms with Crippen LogP contribution in [0.2, 0.25) is 0 Å². The van der Waals surface area contributed by atoms with Crippen molar-refractivity contribution in [1.82, 2.24) is 20.9 Å². The third-order valence-electron chi connectivity index (χ3n) is 5.39. The molecule has 2 aliphatic rings. The summed E-state index contributed by atoms with van der Waals surface area (Å²) in [7, 11) is 1.68. The van der Waals surface area contributed by atoms with Gasteiger partial charge in [0.2, 0.25) is 17.7 Å². The van der Waals surface area contributed by atoms with Gasteiger partial charge in [-0.1, -0.05) is 13.8 Å². The minimum absolute atomic E-state index is 0.137. The molecule has 29 heavy (non-hydrogen) atoms. The molecule has 3 amide bonds. The maximum atomic E-state index is 12.7. The van der Waals surface area contributed by atoms with Crippen LogP contribution in [0.1, 0.15) is 47.0 Å². The molecule has 9 nitrogen and oxygen atoms in total. The summed E-state index contributed by atoms with van der Waals surface area (Å²) in [5.41, 5.74) is -0.822. The summed E-state index contributed by atoms with van der Waals surface area (Å²) in [5.74, 6) is -0.839. The van der Waals surface area contributed by atoms with Gasteiger partial charge in [0.1, 0.15) is 17.7 Å². The van der Waals surface area contributed by atoms with Crippen LogP contribution in [0.4, 0.5) is 0 Å². The fraction of sp³-hybridized carbons (Fsp3) is 0.800. The van der Waals surface area contributed by atoms with Crippen LogP contribution in [-0.4, -0.2) is 78.9 Å². The van der Waals surface area contributed by atoms with E-state index < -0.39 is 29.6 Å². The van der Waals surface area contributed by atoms with Gasteiger partial charge in [-0.25, -0.2) is 0 Å². The topological polar surface area (TPSA) is 120 Å². The number of likely N-dealkylation sites (tertiary alicyclic amines) is 1. The molecule has 0 aromatic heterocycles. The standard InChI is InChI=1S/C20H34N4O5/c1-12(2)9-14(17(26)20(4)11-29-20)23-18(27)13(3)22-19(28)15-7-6-8-24(15)16(25)10-21-5/h12-15,21H,6-11H2,1-5H3,(H,22,28)(H,23,27)/t13-,14-,15-,20+/m0/s1. The number of ketones is 1. The molecule has 0 aromatic carbocycles. The molecule has 9 heteroatoms. The minimum atomic E-state index is -0.822. The Balaban J connectivity index is 1.95. The molecular formula is C20H34N4O5. The van der Waals surface area contributed by atoms with Crippen molar-refractivity contribution in [1.29, 1.82) is 0 Å². The fourth-order valence-electron chi connectivity index (χ4n) is 3.58. The monoisotopic (exact) mass is 410 g/mol. The summed E-state index contributed by atoms with van der Waals surface area (Å²) in [5, 5.41) is 8.26. The van der Waals surface area contributed by atoms with Crippen LogP contribution >= 0.6 is 0 Å². The second-order valence-electron chi connectivity index (χ2n) is 8.58. The van der Waals surface area contributed by atoms with Crippen LogP contribution in [0.15, 0.2) is 0 Å². The number of nitrogens with zero attached hydrogens (tertiary/aromatic N) is 1. The first-order valence-electron chi connectivity index (χ1n) is 10.3. The lowest BCUT2D eigenvalue weighted by molar-refractivity contribution is -0.139. The summed E-state index contributed by atoms with van der Waals surface area (Å²) in [6.45, 7) is 8.31. The summed E-state index contributed by atoms with van der Waals surface area (Å²) >= 11 is 0. The van der Waals surface area contributed by atoms with Crippen molar-refractivity contribution >= 4 is 23.5 Å². The number of carbonyl (C=O) groups excluding carboxylic acids is 4. The number of nitrogens with one attached hydrogen (secondary N) is 3. The van der Waals surface area contributed by atoms with E-state index in [0.717, 1.165) is 6.42 Å². The van der Waals surface area contributed by atoms with Crippen molar-refractivity contribution in [2.24, 2.45) is 5.92 Å². The molecule has 0 radical (unpaired) electrons. The molecule has 4 atom stereocenters. The number of amides is 3. The molecule has 3 N–H and O–H groups in total. The van der Waals surface area contributed by atoms with Gasteiger partial charge in [-0.15, -0.1) is 0 Å². The van der Waals surface area contributed by atoms with Crippen LogP contribution in [0, 0.1) is 5.92 Å². The van der Waals surface area contributed by atoms with E-state index in [1.165, 1.54) is 0 Å². The molecule has 2 fully saturated rings. The number of hydrogen-bond acceptors (Lipinski definition) is 6. The number of rotatable bonds is 10. The van der Waals surface area contributed by atoms with Crippen LogP contribution in [0.25, 0.3) is 0 Å². The van der Waals surface area contributed by atoms with E-state index in [2.05, 4.69) is 16.0 Å². The molecule has 164 valence electrons. The highest BCUT2D eigenvalue weighted by molar-refractivity contribution is 5.98. The molecule has 0 unspecified atom stereocenters. The second-order valence-corrected chi connectivity index (χ2v) is 8.58.